The van der Waals surface area contributed by atoms with Gasteiger partial charge in [-0.15, -0.1) is 0 Å². The van der Waals surface area contributed by atoms with E-state index in [1.807, 2.05) is 0 Å². The molecule has 6 heteroatoms. The van der Waals surface area contributed by atoms with Crippen LogP contribution in [0.15, 0.2) is 31.1 Å². The first-order valence-electron chi connectivity index (χ1n) is 6.13. The topological polar surface area (TPSA) is 74.2 Å². The molecule has 0 N–H and O–H groups in total. The summed E-state index contributed by atoms with van der Waals surface area (Å²) in [6.45, 7) is 1.46. The minimum Gasteiger partial charge on any atom is -0.167 e. The lowest BCUT2D eigenvalue weighted by atomic mass is 10.1. The molecule has 0 saturated heterocycles. The average molecular weight is 224 g/mol. The molecule has 0 atom stereocenters. The van der Waals surface area contributed by atoms with Gasteiger partial charge in [0.2, 0.25) is 0 Å². The van der Waals surface area contributed by atoms with Crippen LogP contribution in [0.25, 0.3) is 0 Å². The van der Waals surface area contributed by atoms with Crippen molar-refractivity contribution in [2.75, 3.05) is 13.1 Å². The zero-order valence-electron chi connectivity index (χ0n) is 9.75. The molecule has 0 amide bonds. The van der Waals surface area contributed by atoms with E-state index in [-0.39, 0.29) is 0 Å². The Kier molecular flexibility index (Phi) is 8.30. The number of hydrogen-bond donors (Lipinski definition) is 0. The number of rotatable bonds is 0. The minimum atomic E-state index is 0.732. The van der Waals surface area contributed by atoms with Gasteiger partial charge in [0.05, 0.1) is 13.1 Å². The lowest BCUT2D eigenvalue weighted by Crippen LogP contribution is -1.85. The van der Waals surface area contributed by atoms with Crippen molar-refractivity contribution < 1.29 is 0 Å². The van der Waals surface area contributed by atoms with E-state index in [4.69, 9.17) is 0 Å². The van der Waals surface area contributed by atoms with Crippen LogP contribution >= 0.6 is 0 Å². The highest BCUT2D eigenvalue weighted by molar-refractivity contribution is 4.49. The molecule has 0 radical (unpaired) electrons. The van der Waals surface area contributed by atoms with Crippen LogP contribution in [-0.2, 0) is 0 Å². The molecule has 90 valence electrons. The van der Waals surface area contributed by atoms with Crippen molar-refractivity contribution in [3.05, 3.63) is 0 Å². The Balaban J connectivity index is 2.23. The molecule has 1 aliphatic rings. The van der Waals surface area contributed by atoms with Crippen molar-refractivity contribution in [3.63, 3.8) is 0 Å². The first-order valence-corrected chi connectivity index (χ1v) is 6.13. The van der Waals surface area contributed by atoms with Crippen LogP contribution in [0.4, 0.5) is 0 Å². The molecule has 0 aliphatic carbocycles. The van der Waals surface area contributed by atoms with Crippen LogP contribution in [0.3, 0.4) is 0 Å². The Morgan fingerprint density at radius 3 is 1.19 bits per heavy atom. The van der Waals surface area contributed by atoms with Crippen molar-refractivity contribution in [1.82, 2.24) is 0 Å². The Morgan fingerprint density at radius 2 is 0.750 bits per heavy atom. The Labute approximate surface area is 96.3 Å². The second-order valence-electron chi connectivity index (χ2n) is 3.92. The first kappa shape index (κ1) is 12.9. The highest BCUT2D eigenvalue weighted by atomic mass is 15.6. The third-order valence-electron chi connectivity index (χ3n) is 2.51. The molecule has 0 spiro atoms. The number of nitrogens with zero attached hydrogens (tertiary/aromatic N) is 6. The molecule has 0 unspecified atom stereocenters. The van der Waals surface area contributed by atoms with Gasteiger partial charge in [0.15, 0.2) is 0 Å². The molecule has 1 aliphatic heterocycles. The molecule has 16 heavy (non-hydrogen) atoms. The molecule has 1 heterocycles. The Morgan fingerprint density at radius 1 is 0.375 bits per heavy atom. The van der Waals surface area contributed by atoms with Crippen molar-refractivity contribution in [3.8, 4) is 0 Å². The fraction of sp³-hybridized carbons (Fsp3) is 1.00. The fourth-order valence-corrected chi connectivity index (χ4v) is 1.61. The highest BCUT2D eigenvalue weighted by Crippen LogP contribution is 2.09. The van der Waals surface area contributed by atoms with Crippen molar-refractivity contribution in [1.29, 1.82) is 0 Å². The van der Waals surface area contributed by atoms with Crippen LogP contribution in [0.5, 0.6) is 0 Å². The summed E-state index contributed by atoms with van der Waals surface area (Å²) in [5.74, 6) is 0. The minimum absolute atomic E-state index is 0.732. The summed E-state index contributed by atoms with van der Waals surface area (Å²) in [4.78, 5) is 0. The summed E-state index contributed by atoms with van der Waals surface area (Å²) in [6, 6.07) is 0. The zero-order valence-corrected chi connectivity index (χ0v) is 9.75. The van der Waals surface area contributed by atoms with Crippen LogP contribution in [0.2, 0.25) is 0 Å². The molecule has 0 saturated carbocycles. The molecular formula is C10H20N6. The third kappa shape index (κ3) is 8.14. The van der Waals surface area contributed by atoms with Crippen LogP contribution in [-0.4, -0.2) is 13.1 Å². The fourth-order valence-electron chi connectivity index (χ4n) is 1.61. The molecule has 0 bridgehead atoms. The molecule has 0 aromatic heterocycles. The first-order chi connectivity index (χ1) is 8.00. The predicted octanol–water partition coefficient (Wildman–Crippen LogP) is 4.31. The second kappa shape index (κ2) is 10.3. The monoisotopic (exact) mass is 224 g/mol. The summed E-state index contributed by atoms with van der Waals surface area (Å²) in [5.41, 5.74) is 0. The molecule has 1 rings (SSSR count). The SMILES string of the molecule is C1CCCCCN=N/N=N/N=NCCCC1. The Bertz CT molecular complexity index is 211. The molecule has 0 fully saturated rings. The van der Waals surface area contributed by atoms with E-state index in [2.05, 4.69) is 31.1 Å². The van der Waals surface area contributed by atoms with E-state index in [1.54, 1.807) is 0 Å². The summed E-state index contributed by atoms with van der Waals surface area (Å²) in [6.07, 6.45) is 9.90. The van der Waals surface area contributed by atoms with Gasteiger partial charge in [-0.05, 0) is 33.7 Å². The Hall–Kier alpha value is -1.20. The van der Waals surface area contributed by atoms with E-state index in [0.717, 1.165) is 25.9 Å². The smallest absolute Gasteiger partial charge is 0.0621 e. The normalized spacial score (nSPS) is 23.0. The molecule has 0 aromatic rings. The molecular weight excluding hydrogens is 204 g/mol. The molecule has 0 aromatic carbocycles. The van der Waals surface area contributed by atoms with E-state index >= 15 is 0 Å². The van der Waals surface area contributed by atoms with Crippen molar-refractivity contribution >= 4 is 0 Å². The maximum atomic E-state index is 3.86. The van der Waals surface area contributed by atoms with Crippen LogP contribution in [0.1, 0.15) is 51.4 Å². The van der Waals surface area contributed by atoms with Crippen LogP contribution < -0.4 is 0 Å². The predicted molar refractivity (Wildman–Crippen MR) is 61.2 cm³/mol. The summed E-state index contributed by atoms with van der Waals surface area (Å²) < 4.78 is 0. The van der Waals surface area contributed by atoms with Gasteiger partial charge in [-0.1, -0.05) is 38.5 Å². The average Bonchev–Trinajstić information content (AvgIpc) is 2.29. The summed E-state index contributed by atoms with van der Waals surface area (Å²) in [7, 11) is 0. The summed E-state index contributed by atoms with van der Waals surface area (Å²) in [5, 5.41) is 21.6. The largest absolute Gasteiger partial charge is 0.167 e. The maximum absolute atomic E-state index is 3.86. The van der Waals surface area contributed by atoms with Crippen molar-refractivity contribution in [2.45, 2.75) is 51.4 Å². The van der Waals surface area contributed by atoms with E-state index in [9.17, 15) is 0 Å². The van der Waals surface area contributed by atoms with Crippen molar-refractivity contribution in [2.24, 2.45) is 31.1 Å². The second-order valence-corrected chi connectivity index (χ2v) is 3.92. The maximum Gasteiger partial charge on any atom is 0.0621 e. The third-order valence-corrected chi connectivity index (χ3v) is 2.51. The van der Waals surface area contributed by atoms with E-state index in [0.29, 0.717) is 0 Å². The number of hydrogen-bond acceptors (Lipinski definition) is 6. The standard InChI is InChI=1S/C10H20N6/c1-2-4-6-8-10-12-14-16-15-13-11-9-7-5-3-1/h1-10H2/b13-11?,14-12?,16-15+. The lowest BCUT2D eigenvalue weighted by molar-refractivity contribution is 0.564. The van der Waals surface area contributed by atoms with Gasteiger partial charge >= 0.3 is 0 Å². The van der Waals surface area contributed by atoms with Crippen LogP contribution in [0, 0.1) is 0 Å². The molecule has 6 nitrogen and oxygen atoms in total. The van der Waals surface area contributed by atoms with Gasteiger partial charge in [0.25, 0.3) is 0 Å². The quantitative estimate of drug-likeness (QED) is 0.588. The summed E-state index contributed by atoms with van der Waals surface area (Å²) >= 11 is 0. The zero-order chi connectivity index (χ0) is 11.3. The highest BCUT2D eigenvalue weighted by Gasteiger charge is 1.92. The van der Waals surface area contributed by atoms with E-state index < -0.39 is 0 Å². The lowest BCUT2D eigenvalue weighted by Gasteiger charge is -2.00. The van der Waals surface area contributed by atoms with Gasteiger partial charge in [-0.25, -0.2) is 0 Å². The van der Waals surface area contributed by atoms with Gasteiger partial charge in [-0.2, -0.15) is 10.2 Å². The van der Waals surface area contributed by atoms with Gasteiger partial charge < -0.3 is 0 Å². The van der Waals surface area contributed by atoms with Gasteiger partial charge in [-0.3, -0.25) is 0 Å². The van der Waals surface area contributed by atoms with E-state index in [1.165, 1.54) is 38.5 Å². The van der Waals surface area contributed by atoms with Gasteiger partial charge in [0.1, 0.15) is 0 Å². The van der Waals surface area contributed by atoms with Gasteiger partial charge in [0, 0.05) is 0 Å².